The molecule has 1 saturated heterocycles. The average Bonchev–Trinajstić information content (AvgIpc) is 3.55. The Bertz CT molecular complexity index is 1170. The number of pyridine rings is 1. The van der Waals surface area contributed by atoms with Crippen LogP contribution in [0.3, 0.4) is 0 Å². The number of nitrogens with zero attached hydrogens (tertiary/aromatic N) is 3. The molecule has 1 aliphatic rings. The van der Waals surface area contributed by atoms with Crippen LogP contribution in [0, 0.1) is 0 Å². The van der Waals surface area contributed by atoms with E-state index >= 15 is 0 Å². The molecule has 7 heteroatoms. The summed E-state index contributed by atoms with van der Waals surface area (Å²) in [5.41, 5.74) is 2.94. The Morgan fingerprint density at radius 2 is 1.94 bits per heavy atom. The zero-order chi connectivity index (χ0) is 21.2. The molecule has 1 N–H and O–H groups in total. The number of aromatic nitrogens is 2. The third-order valence-electron chi connectivity index (χ3n) is 5.52. The summed E-state index contributed by atoms with van der Waals surface area (Å²) in [4.78, 5) is 6.75. The lowest BCUT2D eigenvalue weighted by Crippen LogP contribution is -2.30. The molecule has 4 aromatic rings. The Hall–Kier alpha value is -3.58. The minimum absolute atomic E-state index is 0.121. The predicted molar refractivity (Wildman–Crippen MR) is 123 cm³/mol. The minimum atomic E-state index is -0.122. The Labute approximate surface area is 186 Å². The van der Waals surface area contributed by atoms with Crippen molar-refractivity contribution in [2.75, 3.05) is 12.0 Å². The zero-order valence-electron chi connectivity index (χ0n) is 17.0. The summed E-state index contributed by atoms with van der Waals surface area (Å²) in [6, 6.07) is 21.7. The first-order valence-electron chi connectivity index (χ1n) is 10.1. The van der Waals surface area contributed by atoms with Crippen LogP contribution in [0.5, 0.6) is 5.75 Å². The van der Waals surface area contributed by atoms with Gasteiger partial charge in [0.15, 0.2) is 5.11 Å². The van der Waals surface area contributed by atoms with Gasteiger partial charge in [0.1, 0.15) is 17.6 Å². The number of thiocarbonyl (C=S) groups is 1. The van der Waals surface area contributed by atoms with E-state index in [0.29, 0.717) is 11.7 Å². The first-order chi connectivity index (χ1) is 15.3. The standard InChI is InChI=1S/C24H22N4O2S/c1-29-21-12-3-2-10-19(21)28-23(22(26-24(28)31)18-9-4-5-13-25-18)20-11-6-14-27(20)16-17-8-7-15-30-17/h2-15,22-23H,16H2,1H3,(H,26,31)/t22-,23+/m1/s1. The molecule has 1 aliphatic heterocycles. The minimum Gasteiger partial charge on any atom is -0.495 e. The summed E-state index contributed by atoms with van der Waals surface area (Å²) in [5.74, 6) is 1.66. The molecule has 0 saturated carbocycles. The molecule has 0 unspecified atom stereocenters. The molecule has 2 atom stereocenters. The van der Waals surface area contributed by atoms with E-state index in [2.05, 4.69) is 38.1 Å². The normalized spacial score (nSPS) is 18.2. The molecule has 3 aromatic heterocycles. The molecular weight excluding hydrogens is 408 g/mol. The zero-order valence-corrected chi connectivity index (χ0v) is 17.8. The second-order valence-corrected chi connectivity index (χ2v) is 7.70. The average molecular weight is 431 g/mol. The van der Waals surface area contributed by atoms with Crippen molar-refractivity contribution in [2.45, 2.75) is 18.6 Å². The van der Waals surface area contributed by atoms with Crippen molar-refractivity contribution < 1.29 is 9.15 Å². The third kappa shape index (κ3) is 3.57. The lowest BCUT2D eigenvalue weighted by Gasteiger charge is -2.29. The van der Waals surface area contributed by atoms with Gasteiger partial charge in [0.25, 0.3) is 0 Å². The SMILES string of the molecule is COc1ccccc1N1C(=S)N[C@H](c2ccccn2)[C@@H]1c1cccn1Cc1ccco1. The number of rotatable bonds is 6. The topological polar surface area (TPSA) is 55.5 Å². The van der Waals surface area contributed by atoms with E-state index in [-0.39, 0.29) is 12.1 Å². The number of methoxy groups -OCH3 is 1. The van der Waals surface area contributed by atoms with E-state index in [4.69, 9.17) is 21.4 Å². The number of nitrogens with one attached hydrogen (secondary N) is 1. The quantitative estimate of drug-likeness (QED) is 0.447. The first kappa shape index (κ1) is 19.4. The number of para-hydroxylation sites is 2. The number of ether oxygens (including phenoxy) is 1. The van der Waals surface area contributed by atoms with E-state index in [1.54, 1.807) is 13.4 Å². The predicted octanol–water partition coefficient (Wildman–Crippen LogP) is 4.71. The van der Waals surface area contributed by atoms with Gasteiger partial charge in [-0.25, -0.2) is 0 Å². The van der Waals surface area contributed by atoms with Crippen LogP contribution in [0.1, 0.15) is 29.2 Å². The number of hydrogen-bond acceptors (Lipinski definition) is 4. The van der Waals surface area contributed by atoms with Gasteiger partial charge in [-0.2, -0.15) is 0 Å². The second-order valence-electron chi connectivity index (χ2n) is 7.31. The van der Waals surface area contributed by atoms with Gasteiger partial charge >= 0.3 is 0 Å². The monoisotopic (exact) mass is 430 g/mol. The summed E-state index contributed by atoms with van der Waals surface area (Å²) in [5, 5.41) is 4.13. The highest BCUT2D eigenvalue weighted by atomic mass is 32.1. The van der Waals surface area contributed by atoms with Crippen LogP contribution in [0.4, 0.5) is 5.69 Å². The molecule has 0 spiro atoms. The van der Waals surface area contributed by atoms with Crippen LogP contribution in [-0.4, -0.2) is 21.8 Å². The highest BCUT2D eigenvalue weighted by molar-refractivity contribution is 7.80. The second kappa shape index (κ2) is 8.28. The lowest BCUT2D eigenvalue weighted by atomic mass is 10.0. The smallest absolute Gasteiger partial charge is 0.174 e. The molecule has 6 nitrogen and oxygen atoms in total. The van der Waals surface area contributed by atoms with Crippen molar-refractivity contribution in [1.82, 2.24) is 14.9 Å². The van der Waals surface area contributed by atoms with Crippen LogP contribution >= 0.6 is 12.2 Å². The van der Waals surface area contributed by atoms with Crippen molar-refractivity contribution in [3.63, 3.8) is 0 Å². The summed E-state index contributed by atoms with van der Waals surface area (Å²) < 4.78 is 13.5. The highest BCUT2D eigenvalue weighted by Crippen LogP contribution is 2.44. The van der Waals surface area contributed by atoms with Crippen LogP contribution in [0.15, 0.2) is 89.8 Å². The lowest BCUT2D eigenvalue weighted by molar-refractivity contribution is 0.413. The fourth-order valence-electron chi connectivity index (χ4n) is 4.15. The van der Waals surface area contributed by atoms with Gasteiger partial charge in [0.2, 0.25) is 0 Å². The van der Waals surface area contributed by atoms with Gasteiger partial charge in [-0.1, -0.05) is 18.2 Å². The number of hydrogen-bond donors (Lipinski definition) is 1. The molecule has 0 amide bonds. The largest absolute Gasteiger partial charge is 0.495 e. The summed E-state index contributed by atoms with van der Waals surface area (Å²) in [7, 11) is 1.68. The molecule has 0 bridgehead atoms. The van der Waals surface area contributed by atoms with Gasteiger partial charge in [-0.3, -0.25) is 4.98 Å². The van der Waals surface area contributed by atoms with Gasteiger partial charge in [-0.05, 0) is 60.7 Å². The van der Waals surface area contributed by atoms with Crippen molar-refractivity contribution in [1.29, 1.82) is 0 Å². The first-order valence-corrected chi connectivity index (χ1v) is 10.5. The summed E-state index contributed by atoms with van der Waals surface area (Å²) >= 11 is 5.82. The maximum atomic E-state index is 5.82. The molecule has 4 heterocycles. The van der Waals surface area contributed by atoms with E-state index < -0.39 is 0 Å². The Morgan fingerprint density at radius 1 is 1.06 bits per heavy atom. The van der Waals surface area contributed by atoms with E-state index in [1.165, 1.54) is 0 Å². The number of anilines is 1. The van der Waals surface area contributed by atoms with E-state index in [0.717, 1.165) is 28.6 Å². The van der Waals surface area contributed by atoms with Gasteiger partial charge in [-0.15, -0.1) is 0 Å². The molecule has 31 heavy (non-hydrogen) atoms. The molecule has 156 valence electrons. The van der Waals surface area contributed by atoms with E-state index in [9.17, 15) is 0 Å². The third-order valence-corrected chi connectivity index (χ3v) is 5.83. The van der Waals surface area contributed by atoms with Gasteiger partial charge in [0, 0.05) is 18.1 Å². The van der Waals surface area contributed by atoms with Crippen molar-refractivity contribution >= 4 is 23.0 Å². The number of benzene rings is 1. The molecule has 1 fully saturated rings. The van der Waals surface area contributed by atoms with Crippen molar-refractivity contribution in [2.24, 2.45) is 0 Å². The summed E-state index contributed by atoms with van der Waals surface area (Å²) in [6.07, 6.45) is 5.57. The maximum absolute atomic E-state index is 5.82. The van der Waals surface area contributed by atoms with Crippen LogP contribution in [0.2, 0.25) is 0 Å². The van der Waals surface area contributed by atoms with Crippen LogP contribution < -0.4 is 15.0 Å². The van der Waals surface area contributed by atoms with Gasteiger partial charge < -0.3 is 23.9 Å². The fraction of sp³-hybridized carbons (Fsp3) is 0.167. The highest BCUT2D eigenvalue weighted by Gasteiger charge is 2.42. The molecular formula is C24H22N4O2S. The van der Waals surface area contributed by atoms with E-state index in [1.807, 2.05) is 60.8 Å². The van der Waals surface area contributed by atoms with Crippen molar-refractivity contribution in [3.05, 3.63) is 103 Å². The van der Waals surface area contributed by atoms with Gasteiger partial charge in [0.05, 0.1) is 37.3 Å². The number of furan rings is 1. The van der Waals surface area contributed by atoms with Crippen molar-refractivity contribution in [3.8, 4) is 5.75 Å². The Balaban J connectivity index is 1.63. The molecule has 5 rings (SSSR count). The maximum Gasteiger partial charge on any atom is 0.174 e. The molecule has 0 radical (unpaired) electrons. The van der Waals surface area contributed by atoms with Crippen LogP contribution in [-0.2, 0) is 6.54 Å². The summed E-state index contributed by atoms with van der Waals surface area (Å²) in [6.45, 7) is 0.632. The molecule has 1 aromatic carbocycles. The Kier molecular flexibility index (Phi) is 5.18. The fourth-order valence-corrected chi connectivity index (χ4v) is 4.49. The molecule has 0 aliphatic carbocycles. The van der Waals surface area contributed by atoms with Crippen LogP contribution in [0.25, 0.3) is 0 Å². The Morgan fingerprint density at radius 3 is 2.71 bits per heavy atom.